The number of fused-ring (bicyclic) bond motifs is 1. The summed E-state index contributed by atoms with van der Waals surface area (Å²) < 4.78 is 27.2. The third-order valence-electron chi connectivity index (χ3n) is 5.34. The van der Waals surface area contributed by atoms with E-state index in [0.717, 1.165) is 10.8 Å². The average Bonchev–Trinajstić information content (AvgIpc) is 3.06. The molecule has 1 atom stereocenters. The van der Waals surface area contributed by atoms with Gasteiger partial charge < -0.3 is 33.7 Å². The van der Waals surface area contributed by atoms with Crippen molar-refractivity contribution in [1.82, 2.24) is 4.90 Å². The quantitative estimate of drug-likeness (QED) is 0.658. The number of nitrogens with zero attached hydrogens (tertiary/aromatic N) is 1. The highest BCUT2D eigenvalue weighted by molar-refractivity contribution is 6.10. The monoisotopic (exact) mass is 417 g/mol. The minimum Gasteiger partial charge on any atom is -0.496 e. The molecule has 1 aliphatic rings. The fourth-order valence-electron chi connectivity index (χ4n) is 3.91. The number of benzene rings is 2. The summed E-state index contributed by atoms with van der Waals surface area (Å²) >= 11 is 0. The Morgan fingerprint density at radius 3 is 2.13 bits per heavy atom. The van der Waals surface area contributed by atoms with Gasteiger partial charge in [-0.1, -0.05) is 6.07 Å². The van der Waals surface area contributed by atoms with Crippen molar-refractivity contribution in [2.45, 2.75) is 12.4 Å². The van der Waals surface area contributed by atoms with Crippen LogP contribution < -0.4 is 14.2 Å². The second kappa shape index (κ2) is 8.91. The third-order valence-corrected chi connectivity index (χ3v) is 5.34. The summed E-state index contributed by atoms with van der Waals surface area (Å²) in [7, 11) is 9.23. The number of carbonyl (C=O) groups excluding carboxylic acids is 1. The second-order valence-corrected chi connectivity index (χ2v) is 6.88. The molecule has 0 saturated carbocycles. The molecule has 0 aliphatic carbocycles. The molecule has 1 heterocycles. The van der Waals surface area contributed by atoms with Crippen LogP contribution in [0.5, 0.6) is 17.2 Å². The van der Waals surface area contributed by atoms with E-state index >= 15 is 0 Å². The Hall–Kier alpha value is -2.81. The van der Waals surface area contributed by atoms with Gasteiger partial charge >= 0.3 is 0 Å². The molecule has 1 N–H and O–H groups in total. The van der Waals surface area contributed by atoms with E-state index in [-0.39, 0.29) is 11.5 Å². The van der Waals surface area contributed by atoms with Gasteiger partial charge in [0.25, 0.3) is 5.91 Å². The van der Waals surface area contributed by atoms with E-state index in [9.17, 15) is 9.90 Å². The van der Waals surface area contributed by atoms with Crippen molar-refractivity contribution in [3.63, 3.8) is 0 Å². The topological polar surface area (TPSA) is 86.7 Å². The van der Waals surface area contributed by atoms with Crippen molar-refractivity contribution in [2.75, 3.05) is 49.1 Å². The number of hydrogen-bond donors (Lipinski definition) is 1. The lowest BCUT2D eigenvalue weighted by Gasteiger charge is -2.22. The lowest BCUT2D eigenvalue weighted by molar-refractivity contribution is -0.156. The summed E-state index contributed by atoms with van der Waals surface area (Å²) in [6.45, 7) is 0.305. The van der Waals surface area contributed by atoms with Gasteiger partial charge in [0.1, 0.15) is 23.4 Å². The minimum absolute atomic E-state index is 0.214. The van der Waals surface area contributed by atoms with Crippen molar-refractivity contribution in [3.8, 4) is 17.2 Å². The molecule has 30 heavy (non-hydrogen) atoms. The zero-order chi connectivity index (χ0) is 22.0. The lowest BCUT2D eigenvalue weighted by Crippen LogP contribution is -2.35. The number of likely N-dealkylation sites (N-methyl/N-ethyl adjacent to an activating group) is 1. The molecule has 8 nitrogen and oxygen atoms in total. The largest absolute Gasteiger partial charge is 0.496 e. The van der Waals surface area contributed by atoms with Gasteiger partial charge in [-0.3, -0.25) is 4.79 Å². The molecule has 0 aromatic heterocycles. The maximum absolute atomic E-state index is 12.9. The first-order valence-corrected chi connectivity index (χ1v) is 9.37. The van der Waals surface area contributed by atoms with E-state index in [1.165, 1.54) is 19.1 Å². The Morgan fingerprint density at radius 1 is 0.933 bits per heavy atom. The van der Waals surface area contributed by atoms with Crippen molar-refractivity contribution in [2.24, 2.45) is 0 Å². The molecule has 0 fully saturated rings. The molecule has 0 radical (unpaired) electrons. The standard InChI is InChI=1S/C22H27NO7/c1-23-11-14(18(21(23)25)19(24)22(29-5)30-6)12-7-8-13-15(26-2)9-10-16(27-3)17(13)20(12)28-4/h7-10,19,22,24H,11H2,1-6H3. The normalized spacial score (nSPS) is 15.3. The first kappa shape index (κ1) is 21.9. The third kappa shape index (κ3) is 3.47. The van der Waals surface area contributed by atoms with Gasteiger partial charge in [-0.05, 0) is 23.8 Å². The van der Waals surface area contributed by atoms with E-state index < -0.39 is 12.4 Å². The highest BCUT2D eigenvalue weighted by Crippen LogP contribution is 2.45. The molecule has 8 heteroatoms. The van der Waals surface area contributed by atoms with Gasteiger partial charge in [-0.15, -0.1) is 0 Å². The Bertz CT molecular complexity index is 981. The molecular weight excluding hydrogens is 390 g/mol. The number of rotatable bonds is 8. The average molecular weight is 417 g/mol. The zero-order valence-corrected chi connectivity index (χ0v) is 18.0. The summed E-state index contributed by atoms with van der Waals surface area (Å²) in [6, 6.07) is 7.36. The predicted molar refractivity (Wildman–Crippen MR) is 112 cm³/mol. The number of methoxy groups -OCH3 is 5. The van der Waals surface area contributed by atoms with Crippen LogP contribution in [0.25, 0.3) is 16.3 Å². The summed E-state index contributed by atoms with van der Waals surface area (Å²) in [5.41, 5.74) is 1.53. The molecule has 2 aromatic carbocycles. The molecule has 0 bridgehead atoms. The SMILES string of the molecule is COc1ccc(OC)c2c(OC)c(C3=C(C(O)C(OC)OC)C(=O)N(C)C3)ccc12. The molecule has 3 rings (SSSR count). The second-order valence-electron chi connectivity index (χ2n) is 6.88. The van der Waals surface area contributed by atoms with Crippen LogP contribution in [-0.4, -0.2) is 77.4 Å². The molecule has 0 saturated heterocycles. The van der Waals surface area contributed by atoms with Gasteiger partial charge in [0.05, 0.1) is 32.3 Å². The van der Waals surface area contributed by atoms with E-state index in [0.29, 0.717) is 34.9 Å². The minimum atomic E-state index is -1.26. The molecule has 1 aliphatic heterocycles. The van der Waals surface area contributed by atoms with Gasteiger partial charge in [0, 0.05) is 38.8 Å². The van der Waals surface area contributed by atoms with E-state index in [4.69, 9.17) is 23.7 Å². The Morgan fingerprint density at radius 2 is 1.57 bits per heavy atom. The molecule has 2 aromatic rings. The van der Waals surface area contributed by atoms with Crippen LogP contribution in [0.1, 0.15) is 5.56 Å². The van der Waals surface area contributed by atoms with Gasteiger partial charge in [0.15, 0.2) is 6.29 Å². The van der Waals surface area contributed by atoms with Crippen molar-refractivity contribution in [1.29, 1.82) is 0 Å². The van der Waals surface area contributed by atoms with E-state index in [2.05, 4.69) is 0 Å². The van der Waals surface area contributed by atoms with Gasteiger partial charge in [-0.2, -0.15) is 0 Å². The zero-order valence-electron chi connectivity index (χ0n) is 18.0. The van der Waals surface area contributed by atoms with Crippen molar-refractivity contribution in [3.05, 3.63) is 35.4 Å². The molecule has 0 spiro atoms. The van der Waals surface area contributed by atoms with Crippen molar-refractivity contribution >= 4 is 22.3 Å². The highest BCUT2D eigenvalue weighted by atomic mass is 16.7. The summed E-state index contributed by atoms with van der Waals surface area (Å²) in [4.78, 5) is 14.4. The number of aliphatic hydroxyl groups is 1. The Kier molecular flexibility index (Phi) is 6.50. The van der Waals surface area contributed by atoms with Gasteiger partial charge in [0.2, 0.25) is 0 Å². The van der Waals surface area contributed by atoms with Crippen LogP contribution >= 0.6 is 0 Å². The van der Waals surface area contributed by atoms with E-state index in [1.54, 1.807) is 34.4 Å². The van der Waals surface area contributed by atoms with E-state index in [1.807, 2.05) is 18.2 Å². The highest BCUT2D eigenvalue weighted by Gasteiger charge is 2.38. The number of aliphatic hydroxyl groups excluding tert-OH is 1. The Labute approximate surface area is 175 Å². The van der Waals surface area contributed by atoms with Crippen LogP contribution in [0.4, 0.5) is 0 Å². The van der Waals surface area contributed by atoms with Crippen molar-refractivity contribution < 1.29 is 33.6 Å². The number of ether oxygens (including phenoxy) is 5. The summed E-state index contributed by atoms with van der Waals surface area (Å²) in [5, 5.41) is 12.4. The Balaban J connectivity index is 2.32. The molecular formula is C22H27NO7. The smallest absolute Gasteiger partial charge is 0.253 e. The lowest BCUT2D eigenvalue weighted by atomic mass is 9.94. The molecule has 1 amide bonds. The number of hydrogen-bond acceptors (Lipinski definition) is 7. The number of amides is 1. The summed E-state index contributed by atoms with van der Waals surface area (Å²) in [5.74, 6) is 1.51. The van der Waals surface area contributed by atoms with Crippen LogP contribution in [0, 0.1) is 0 Å². The maximum atomic E-state index is 12.9. The maximum Gasteiger partial charge on any atom is 0.253 e. The summed E-state index contributed by atoms with van der Waals surface area (Å²) in [6.07, 6.45) is -2.24. The first-order chi connectivity index (χ1) is 14.4. The van der Waals surface area contributed by atoms with Crippen LogP contribution in [-0.2, 0) is 14.3 Å². The van der Waals surface area contributed by atoms with Crippen LogP contribution in [0.2, 0.25) is 0 Å². The molecule has 162 valence electrons. The van der Waals surface area contributed by atoms with Gasteiger partial charge in [-0.25, -0.2) is 0 Å². The van der Waals surface area contributed by atoms with Crippen LogP contribution in [0.3, 0.4) is 0 Å². The fourth-order valence-corrected chi connectivity index (χ4v) is 3.91. The van der Waals surface area contributed by atoms with Crippen LogP contribution in [0.15, 0.2) is 29.8 Å². The molecule has 1 unspecified atom stereocenters. The first-order valence-electron chi connectivity index (χ1n) is 9.37. The number of carbonyl (C=O) groups is 1. The predicted octanol–water partition coefficient (Wildman–Crippen LogP) is 2.07. The fraction of sp³-hybridized carbons (Fsp3) is 0.409.